The molecule has 1 amide bonds. The van der Waals surface area contributed by atoms with Gasteiger partial charge >= 0.3 is 0 Å². The molecule has 0 unspecified atom stereocenters. The molecule has 8 nitrogen and oxygen atoms in total. The lowest BCUT2D eigenvalue weighted by molar-refractivity contribution is -0.00235. The van der Waals surface area contributed by atoms with Crippen LogP contribution in [0.15, 0.2) is 36.7 Å². The van der Waals surface area contributed by atoms with Gasteiger partial charge in [0.25, 0.3) is 5.91 Å². The van der Waals surface area contributed by atoms with E-state index in [4.69, 9.17) is 0 Å². The molecule has 0 bridgehead atoms. The maximum Gasteiger partial charge on any atom is 0.259 e. The summed E-state index contributed by atoms with van der Waals surface area (Å²) < 4.78 is 14.7. The molecule has 0 radical (unpaired) electrons. The van der Waals surface area contributed by atoms with Gasteiger partial charge in [-0.25, -0.2) is 14.4 Å². The summed E-state index contributed by atoms with van der Waals surface area (Å²) in [4.78, 5) is 27.6. The fourth-order valence-electron chi connectivity index (χ4n) is 4.78. The van der Waals surface area contributed by atoms with E-state index in [0.29, 0.717) is 18.8 Å². The van der Waals surface area contributed by atoms with Crippen molar-refractivity contribution in [3.05, 3.63) is 59.4 Å². The van der Waals surface area contributed by atoms with E-state index in [1.165, 1.54) is 23.3 Å². The number of piperidine rings is 1. The summed E-state index contributed by atoms with van der Waals surface area (Å²) in [5, 5.41) is 8.12. The molecule has 1 spiro atoms. The van der Waals surface area contributed by atoms with Crippen LogP contribution in [-0.4, -0.2) is 61.9 Å². The van der Waals surface area contributed by atoms with Gasteiger partial charge < -0.3 is 9.80 Å². The molecule has 9 heteroatoms. The number of hydrogen-bond donors (Lipinski definition) is 0. The predicted molar refractivity (Wildman–Crippen MR) is 113 cm³/mol. The smallest absolute Gasteiger partial charge is 0.259 e. The van der Waals surface area contributed by atoms with E-state index >= 15 is 0 Å². The Labute approximate surface area is 179 Å². The Morgan fingerprint density at radius 1 is 1.06 bits per heavy atom. The maximum atomic E-state index is 14.7. The van der Waals surface area contributed by atoms with Gasteiger partial charge in [0, 0.05) is 43.0 Å². The summed E-state index contributed by atoms with van der Waals surface area (Å²) in [6.45, 7) is 6.83. The molecule has 5 rings (SSSR count). The molecule has 31 heavy (non-hydrogen) atoms. The van der Waals surface area contributed by atoms with Crippen molar-refractivity contribution in [2.24, 2.45) is 5.41 Å². The summed E-state index contributed by atoms with van der Waals surface area (Å²) in [5.74, 6) is -0.132. The highest BCUT2D eigenvalue weighted by Gasteiger charge is 2.48. The number of nitrogens with zero attached hydrogens (tertiary/aromatic N) is 7. The monoisotopic (exact) mass is 421 g/mol. The minimum atomic E-state index is -0.561. The third-order valence-electron chi connectivity index (χ3n) is 6.09. The average Bonchev–Trinajstić information content (AvgIpc) is 3.25. The number of aromatic nitrogens is 5. The fraction of sp³-hybridized carbons (Fsp3) is 0.409. The summed E-state index contributed by atoms with van der Waals surface area (Å²) in [5.41, 5.74) is 2.26. The zero-order valence-electron chi connectivity index (χ0n) is 17.6. The molecule has 160 valence electrons. The first kappa shape index (κ1) is 19.6. The molecule has 2 aliphatic rings. The van der Waals surface area contributed by atoms with Crippen LogP contribution >= 0.6 is 0 Å². The molecular weight excluding hydrogens is 397 g/mol. The van der Waals surface area contributed by atoms with Crippen LogP contribution in [-0.2, 0) is 0 Å². The number of carbonyl (C=O) groups excluding carboxylic acids is 1. The molecule has 3 aromatic rings. The topological polar surface area (TPSA) is 80.0 Å². The highest BCUT2D eigenvalue weighted by molar-refractivity contribution is 5.98. The number of carbonyl (C=O) groups is 1. The number of aryl methyl sites for hydroxylation is 2. The number of anilines is 1. The second-order valence-electron chi connectivity index (χ2n) is 8.59. The van der Waals surface area contributed by atoms with Crippen LogP contribution in [0.1, 0.15) is 34.6 Å². The van der Waals surface area contributed by atoms with Gasteiger partial charge in [0.05, 0.1) is 12.4 Å². The van der Waals surface area contributed by atoms with E-state index in [-0.39, 0.29) is 16.9 Å². The fourth-order valence-corrected chi connectivity index (χ4v) is 4.78. The normalized spacial score (nSPS) is 17.6. The zero-order chi connectivity index (χ0) is 21.6. The van der Waals surface area contributed by atoms with Crippen LogP contribution < -0.4 is 4.90 Å². The van der Waals surface area contributed by atoms with E-state index in [9.17, 15) is 9.18 Å². The minimum Gasteiger partial charge on any atom is -0.340 e. The quantitative estimate of drug-likeness (QED) is 0.647. The average molecular weight is 421 g/mol. The first-order valence-electron chi connectivity index (χ1n) is 10.5. The van der Waals surface area contributed by atoms with Crippen LogP contribution in [0.25, 0.3) is 5.69 Å². The van der Waals surface area contributed by atoms with E-state index in [0.717, 1.165) is 43.3 Å². The molecule has 2 fully saturated rings. The molecule has 1 aromatic carbocycles. The number of rotatable bonds is 3. The van der Waals surface area contributed by atoms with Gasteiger partial charge in [-0.3, -0.25) is 4.79 Å². The van der Waals surface area contributed by atoms with Crippen molar-refractivity contribution >= 4 is 11.9 Å². The Morgan fingerprint density at radius 2 is 1.77 bits per heavy atom. The Kier molecular flexibility index (Phi) is 4.68. The maximum absolute atomic E-state index is 14.7. The van der Waals surface area contributed by atoms with E-state index in [1.807, 2.05) is 19.9 Å². The zero-order valence-corrected chi connectivity index (χ0v) is 17.6. The first-order chi connectivity index (χ1) is 14.9. The van der Waals surface area contributed by atoms with Crippen molar-refractivity contribution in [3.63, 3.8) is 0 Å². The van der Waals surface area contributed by atoms with Crippen LogP contribution in [0.5, 0.6) is 0 Å². The SMILES string of the molecule is Cc1cc(C)nc(N2CCCC3(CN(C(=O)c4c(F)cccc4-n4nccn4)C3)C2)n1. The minimum absolute atomic E-state index is 0.00963. The molecule has 2 aliphatic heterocycles. The number of halogens is 1. The summed E-state index contributed by atoms with van der Waals surface area (Å²) in [6.07, 6.45) is 5.05. The van der Waals surface area contributed by atoms with Crippen LogP contribution in [0.2, 0.25) is 0 Å². The molecule has 0 aliphatic carbocycles. The summed E-state index contributed by atoms with van der Waals surface area (Å²) in [7, 11) is 0. The van der Waals surface area contributed by atoms with Gasteiger partial charge in [-0.15, -0.1) is 0 Å². The standard InChI is InChI=1S/C22H24FN7O/c1-15-11-16(2)27-21(26-15)28-10-4-7-22(12-28)13-29(14-22)20(31)19-17(23)5-3-6-18(19)30-24-8-9-25-30/h3,5-6,8-9,11H,4,7,10,12-14H2,1-2H3. The molecule has 4 heterocycles. The predicted octanol–water partition coefficient (Wildman–Crippen LogP) is 2.56. The number of hydrogen-bond acceptors (Lipinski definition) is 6. The Morgan fingerprint density at radius 3 is 2.48 bits per heavy atom. The molecule has 0 saturated carbocycles. The number of benzene rings is 1. The lowest BCUT2D eigenvalue weighted by Crippen LogP contribution is -2.64. The van der Waals surface area contributed by atoms with Gasteiger partial charge in [-0.2, -0.15) is 15.0 Å². The van der Waals surface area contributed by atoms with Crippen molar-refractivity contribution in [1.29, 1.82) is 0 Å². The summed E-state index contributed by atoms with van der Waals surface area (Å²) >= 11 is 0. The highest BCUT2D eigenvalue weighted by atomic mass is 19.1. The molecule has 2 saturated heterocycles. The number of amides is 1. The molecule has 0 atom stereocenters. The van der Waals surface area contributed by atoms with E-state index in [2.05, 4.69) is 25.1 Å². The third-order valence-corrected chi connectivity index (χ3v) is 6.09. The van der Waals surface area contributed by atoms with Crippen molar-refractivity contribution < 1.29 is 9.18 Å². The second kappa shape index (κ2) is 7.40. The van der Waals surface area contributed by atoms with E-state index < -0.39 is 5.82 Å². The van der Waals surface area contributed by atoms with Crippen molar-refractivity contribution in [2.45, 2.75) is 26.7 Å². The first-order valence-corrected chi connectivity index (χ1v) is 10.5. The Bertz CT molecular complexity index is 1100. The summed E-state index contributed by atoms with van der Waals surface area (Å²) in [6, 6.07) is 6.49. The van der Waals surface area contributed by atoms with Gasteiger partial charge in [0.15, 0.2) is 0 Å². The second-order valence-corrected chi connectivity index (χ2v) is 8.59. The van der Waals surface area contributed by atoms with Crippen molar-refractivity contribution in [1.82, 2.24) is 29.9 Å². The molecule has 2 aromatic heterocycles. The van der Waals surface area contributed by atoms with Gasteiger partial charge in [0.1, 0.15) is 17.1 Å². The van der Waals surface area contributed by atoms with Crippen LogP contribution in [0.3, 0.4) is 0 Å². The molecule has 0 N–H and O–H groups in total. The van der Waals surface area contributed by atoms with Gasteiger partial charge in [0.2, 0.25) is 5.95 Å². The van der Waals surface area contributed by atoms with Crippen LogP contribution in [0, 0.1) is 25.1 Å². The largest absolute Gasteiger partial charge is 0.340 e. The van der Waals surface area contributed by atoms with Crippen molar-refractivity contribution in [3.8, 4) is 5.69 Å². The van der Waals surface area contributed by atoms with Crippen LogP contribution in [0.4, 0.5) is 10.3 Å². The van der Waals surface area contributed by atoms with Gasteiger partial charge in [-0.05, 0) is 44.9 Å². The Balaban J connectivity index is 1.34. The lowest BCUT2D eigenvalue weighted by atomic mass is 9.73. The van der Waals surface area contributed by atoms with Crippen molar-refractivity contribution in [2.75, 3.05) is 31.1 Å². The van der Waals surface area contributed by atoms with Gasteiger partial charge in [-0.1, -0.05) is 6.07 Å². The Hall–Kier alpha value is -3.36. The highest BCUT2D eigenvalue weighted by Crippen LogP contribution is 2.41. The third kappa shape index (κ3) is 3.54. The van der Waals surface area contributed by atoms with E-state index in [1.54, 1.807) is 17.0 Å². The molecular formula is C22H24FN7O. The lowest BCUT2D eigenvalue weighted by Gasteiger charge is -2.54. The number of likely N-dealkylation sites (tertiary alicyclic amines) is 1.